The molecular weight excluding hydrogens is 382 g/mol. The van der Waals surface area contributed by atoms with Gasteiger partial charge in [0, 0.05) is 38.0 Å². The van der Waals surface area contributed by atoms with Crippen molar-refractivity contribution >= 4 is 17.6 Å². The van der Waals surface area contributed by atoms with Crippen LogP contribution in [0.3, 0.4) is 0 Å². The highest BCUT2D eigenvalue weighted by atomic mass is 16.5. The quantitative estimate of drug-likeness (QED) is 0.836. The third kappa shape index (κ3) is 4.05. The Morgan fingerprint density at radius 3 is 2.70 bits per heavy atom. The van der Waals surface area contributed by atoms with Crippen LogP contribution in [0.5, 0.6) is 5.75 Å². The van der Waals surface area contributed by atoms with Crippen molar-refractivity contribution in [3.63, 3.8) is 0 Å². The molecule has 0 saturated carbocycles. The van der Waals surface area contributed by atoms with Crippen LogP contribution in [0.15, 0.2) is 36.5 Å². The van der Waals surface area contributed by atoms with Crippen molar-refractivity contribution in [2.75, 3.05) is 38.5 Å². The Morgan fingerprint density at radius 2 is 1.97 bits per heavy atom. The van der Waals surface area contributed by atoms with Crippen molar-refractivity contribution in [3.05, 3.63) is 42.1 Å². The number of fused-ring (bicyclic) bond motifs is 1. The van der Waals surface area contributed by atoms with Crippen molar-refractivity contribution < 1.29 is 14.3 Å². The fourth-order valence-electron chi connectivity index (χ4n) is 4.18. The number of benzene rings is 1. The number of hydrogen-bond donors (Lipinski definition) is 1. The largest absolute Gasteiger partial charge is 0.484 e. The van der Waals surface area contributed by atoms with Gasteiger partial charge < -0.3 is 19.9 Å². The zero-order chi connectivity index (χ0) is 21.3. The van der Waals surface area contributed by atoms with Gasteiger partial charge in [0.05, 0.1) is 18.3 Å². The molecule has 1 spiro atoms. The monoisotopic (exact) mass is 411 g/mol. The molecule has 30 heavy (non-hydrogen) atoms. The Kier molecular flexibility index (Phi) is 5.51. The fraction of sp³-hybridized carbons (Fsp3) is 0.500. The van der Waals surface area contributed by atoms with Gasteiger partial charge in [-0.05, 0) is 33.0 Å². The topological polar surface area (TPSA) is 79.7 Å². The van der Waals surface area contributed by atoms with E-state index in [4.69, 9.17) is 4.74 Å². The van der Waals surface area contributed by atoms with Gasteiger partial charge in [-0.2, -0.15) is 5.10 Å². The predicted octanol–water partition coefficient (Wildman–Crippen LogP) is 2.40. The van der Waals surface area contributed by atoms with Gasteiger partial charge in [0.1, 0.15) is 23.7 Å². The Bertz CT molecular complexity index is 930. The summed E-state index contributed by atoms with van der Waals surface area (Å²) in [6.45, 7) is 6.15. The van der Waals surface area contributed by atoms with Crippen LogP contribution in [0, 0.1) is 0 Å². The fourth-order valence-corrected chi connectivity index (χ4v) is 4.18. The first-order valence-corrected chi connectivity index (χ1v) is 10.5. The van der Waals surface area contributed by atoms with E-state index in [1.807, 2.05) is 32.0 Å². The minimum atomic E-state index is -0.477. The van der Waals surface area contributed by atoms with E-state index in [0.717, 1.165) is 25.9 Å². The van der Waals surface area contributed by atoms with Gasteiger partial charge in [0.25, 0.3) is 5.91 Å². The van der Waals surface area contributed by atoms with Crippen LogP contribution in [-0.4, -0.2) is 70.2 Å². The smallest absolute Gasteiger partial charge is 0.258 e. The molecule has 2 aliphatic rings. The second kappa shape index (κ2) is 8.10. The van der Waals surface area contributed by atoms with Gasteiger partial charge in [0.2, 0.25) is 5.91 Å². The standard InChI is InChI=1S/C22H29N5O3/c1-16(2)27-19(8-11-23-27)24-20(28)14-26-15-22(9-12-25(3)13-10-22)30-18-7-5-4-6-17(18)21(26)29/h4-8,11,16H,9-10,12-15H2,1-3H3,(H,24,28). The summed E-state index contributed by atoms with van der Waals surface area (Å²) in [7, 11) is 2.09. The molecule has 8 nitrogen and oxygen atoms in total. The number of rotatable bonds is 4. The van der Waals surface area contributed by atoms with Gasteiger partial charge in [-0.1, -0.05) is 12.1 Å². The zero-order valence-corrected chi connectivity index (χ0v) is 17.8. The van der Waals surface area contributed by atoms with E-state index in [0.29, 0.717) is 23.7 Å². The van der Waals surface area contributed by atoms with E-state index in [1.165, 1.54) is 0 Å². The molecule has 1 aromatic heterocycles. The summed E-state index contributed by atoms with van der Waals surface area (Å²) >= 11 is 0. The lowest BCUT2D eigenvalue weighted by Gasteiger charge is -2.41. The van der Waals surface area contributed by atoms with E-state index in [9.17, 15) is 9.59 Å². The number of anilines is 1. The Morgan fingerprint density at radius 1 is 1.23 bits per heavy atom. The number of carbonyl (C=O) groups is 2. The lowest BCUT2D eigenvalue weighted by Crippen LogP contribution is -2.54. The van der Waals surface area contributed by atoms with E-state index in [1.54, 1.807) is 27.9 Å². The molecule has 4 rings (SSSR count). The average molecular weight is 412 g/mol. The van der Waals surface area contributed by atoms with Crippen molar-refractivity contribution in [3.8, 4) is 5.75 Å². The third-order valence-electron chi connectivity index (χ3n) is 5.87. The first kappa shape index (κ1) is 20.4. The normalized spacial score (nSPS) is 18.8. The number of likely N-dealkylation sites (tertiary alicyclic amines) is 1. The molecular formula is C22H29N5O3. The van der Waals surface area contributed by atoms with Crippen LogP contribution >= 0.6 is 0 Å². The molecule has 0 aliphatic carbocycles. The molecule has 1 saturated heterocycles. The minimum absolute atomic E-state index is 0.0304. The number of piperidine rings is 1. The minimum Gasteiger partial charge on any atom is -0.484 e. The van der Waals surface area contributed by atoms with Crippen LogP contribution in [0.2, 0.25) is 0 Å². The molecule has 0 unspecified atom stereocenters. The molecule has 0 bridgehead atoms. The summed E-state index contributed by atoms with van der Waals surface area (Å²) in [5.41, 5.74) is 0.0303. The molecule has 1 N–H and O–H groups in total. The number of carbonyl (C=O) groups excluding carboxylic acids is 2. The molecule has 2 aromatic rings. The molecule has 3 heterocycles. The summed E-state index contributed by atoms with van der Waals surface area (Å²) in [4.78, 5) is 30.0. The van der Waals surface area contributed by atoms with E-state index >= 15 is 0 Å². The van der Waals surface area contributed by atoms with Crippen LogP contribution < -0.4 is 10.1 Å². The number of aromatic nitrogens is 2. The van der Waals surface area contributed by atoms with Gasteiger partial charge in [-0.3, -0.25) is 9.59 Å². The number of hydrogen-bond acceptors (Lipinski definition) is 5. The third-order valence-corrected chi connectivity index (χ3v) is 5.87. The van der Waals surface area contributed by atoms with Gasteiger partial charge in [-0.25, -0.2) is 4.68 Å². The van der Waals surface area contributed by atoms with Crippen molar-refractivity contribution in [2.45, 2.75) is 38.3 Å². The summed E-state index contributed by atoms with van der Waals surface area (Å²) in [5.74, 6) is 0.817. The van der Waals surface area contributed by atoms with Gasteiger partial charge >= 0.3 is 0 Å². The molecule has 1 fully saturated rings. The molecule has 8 heteroatoms. The maximum Gasteiger partial charge on any atom is 0.258 e. The van der Waals surface area contributed by atoms with Crippen molar-refractivity contribution in [1.29, 1.82) is 0 Å². The number of para-hydroxylation sites is 1. The first-order valence-electron chi connectivity index (χ1n) is 10.5. The number of ether oxygens (including phenoxy) is 1. The molecule has 160 valence electrons. The molecule has 2 amide bonds. The Balaban J connectivity index is 1.57. The lowest BCUT2D eigenvalue weighted by molar-refractivity contribution is -0.117. The molecule has 2 aliphatic heterocycles. The molecule has 0 radical (unpaired) electrons. The average Bonchev–Trinajstić information content (AvgIpc) is 3.14. The maximum absolute atomic E-state index is 13.3. The van der Waals surface area contributed by atoms with Crippen LogP contribution in [-0.2, 0) is 4.79 Å². The highest BCUT2D eigenvalue weighted by molar-refractivity contribution is 6.01. The summed E-state index contributed by atoms with van der Waals surface area (Å²) in [6.07, 6.45) is 3.27. The maximum atomic E-state index is 13.3. The number of nitrogens with zero attached hydrogens (tertiary/aromatic N) is 4. The highest BCUT2D eigenvalue weighted by Gasteiger charge is 2.42. The molecule has 1 aromatic carbocycles. The van der Waals surface area contributed by atoms with Gasteiger partial charge in [0.15, 0.2) is 0 Å². The first-order chi connectivity index (χ1) is 14.4. The summed E-state index contributed by atoms with van der Waals surface area (Å²) in [6, 6.07) is 9.20. The zero-order valence-electron chi connectivity index (χ0n) is 17.8. The van der Waals surface area contributed by atoms with Crippen molar-refractivity contribution in [1.82, 2.24) is 19.6 Å². The highest BCUT2D eigenvalue weighted by Crippen LogP contribution is 2.35. The van der Waals surface area contributed by atoms with Crippen molar-refractivity contribution in [2.24, 2.45) is 0 Å². The predicted molar refractivity (Wildman–Crippen MR) is 114 cm³/mol. The van der Waals surface area contributed by atoms with Crippen LogP contribution in [0.1, 0.15) is 43.1 Å². The van der Waals surface area contributed by atoms with E-state index in [-0.39, 0.29) is 24.4 Å². The van der Waals surface area contributed by atoms with Crippen LogP contribution in [0.25, 0.3) is 0 Å². The van der Waals surface area contributed by atoms with Crippen LogP contribution in [0.4, 0.5) is 5.82 Å². The Hall–Kier alpha value is -2.87. The Labute approximate surface area is 176 Å². The number of amides is 2. The second-order valence-corrected chi connectivity index (χ2v) is 8.55. The number of nitrogens with one attached hydrogen (secondary N) is 1. The van der Waals surface area contributed by atoms with Gasteiger partial charge in [-0.15, -0.1) is 0 Å². The van der Waals surface area contributed by atoms with E-state index in [2.05, 4.69) is 22.4 Å². The SMILES string of the molecule is CC(C)n1nccc1NC(=O)CN1CC2(CCN(C)CC2)Oc2ccccc2C1=O. The van der Waals surface area contributed by atoms with E-state index < -0.39 is 5.60 Å². The second-order valence-electron chi connectivity index (χ2n) is 8.55. The summed E-state index contributed by atoms with van der Waals surface area (Å²) < 4.78 is 8.19. The molecule has 0 atom stereocenters. The summed E-state index contributed by atoms with van der Waals surface area (Å²) in [5, 5.41) is 7.15. The lowest BCUT2D eigenvalue weighted by atomic mass is 9.90.